The van der Waals surface area contributed by atoms with E-state index in [0.29, 0.717) is 5.92 Å². The summed E-state index contributed by atoms with van der Waals surface area (Å²) in [6.45, 7) is 6.09. The molecule has 0 fully saturated rings. The second-order valence-corrected chi connectivity index (χ2v) is 3.24. The first-order chi connectivity index (χ1) is 5.61. The number of nitrogens with one attached hydrogen (secondary N) is 1. The maximum atomic E-state index is 5.57. The molecule has 0 spiro atoms. The number of hydrogen-bond acceptors (Lipinski definition) is 2. The summed E-state index contributed by atoms with van der Waals surface area (Å²) in [6.07, 6.45) is 3.60. The van der Waals surface area contributed by atoms with E-state index in [1.54, 1.807) is 6.33 Å². The molecule has 1 aromatic rings. The van der Waals surface area contributed by atoms with E-state index in [2.05, 4.69) is 23.8 Å². The summed E-state index contributed by atoms with van der Waals surface area (Å²) in [7, 11) is 0. The summed E-state index contributed by atoms with van der Waals surface area (Å²) in [5, 5.41) is 0. The van der Waals surface area contributed by atoms with Gasteiger partial charge in [0, 0.05) is 5.70 Å². The van der Waals surface area contributed by atoms with Gasteiger partial charge in [-0.1, -0.05) is 13.8 Å². The van der Waals surface area contributed by atoms with E-state index in [-0.39, 0.29) is 0 Å². The highest BCUT2D eigenvalue weighted by Gasteiger charge is 2.06. The summed E-state index contributed by atoms with van der Waals surface area (Å²) >= 11 is 0. The van der Waals surface area contributed by atoms with Crippen LogP contribution >= 0.6 is 0 Å². The lowest BCUT2D eigenvalue weighted by molar-refractivity contribution is 0.829. The van der Waals surface area contributed by atoms with Gasteiger partial charge in [0.1, 0.15) is 0 Å². The van der Waals surface area contributed by atoms with Crippen LogP contribution in [0.1, 0.15) is 38.1 Å². The van der Waals surface area contributed by atoms with Gasteiger partial charge < -0.3 is 10.7 Å². The molecule has 1 aromatic heterocycles. The highest BCUT2D eigenvalue weighted by molar-refractivity contribution is 5.50. The molecule has 0 aliphatic carbocycles. The standard InChI is InChI=1S/C9H15N3/c1-6(2)9-8(4-7(3)10)11-5-12-9/h4-6H,10H2,1-3H3,(H,11,12)/b7-4-. The number of aromatic amines is 1. The normalized spacial score (nSPS) is 12.5. The Kier molecular flexibility index (Phi) is 2.53. The molecule has 0 unspecified atom stereocenters. The lowest BCUT2D eigenvalue weighted by Crippen LogP contribution is -1.94. The average Bonchev–Trinajstić information content (AvgIpc) is 2.33. The first kappa shape index (κ1) is 8.84. The molecule has 0 amide bonds. The Bertz CT molecular complexity index is 280. The fourth-order valence-electron chi connectivity index (χ4n) is 1.12. The maximum absolute atomic E-state index is 5.57. The predicted molar refractivity (Wildman–Crippen MR) is 50.5 cm³/mol. The van der Waals surface area contributed by atoms with Gasteiger partial charge in [0.2, 0.25) is 0 Å². The van der Waals surface area contributed by atoms with Crippen LogP contribution in [0.15, 0.2) is 12.0 Å². The first-order valence-corrected chi connectivity index (χ1v) is 4.08. The Morgan fingerprint density at radius 3 is 2.83 bits per heavy atom. The van der Waals surface area contributed by atoms with Crippen LogP contribution in [0.2, 0.25) is 0 Å². The highest BCUT2D eigenvalue weighted by Crippen LogP contribution is 2.16. The smallest absolute Gasteiger partial charge is 0.0927 e. The van der Waals surface area contributed by atoms with E-state index in [4.69, 9.17) is 5.73 Å². The van der Waals surface area contributed by atoms with Gasteiger partial charge in [-0.15, -0.1) is 0 Å². The quantitative estimate of drug-likeness (QED) is 0.702. The van der Waals surface area contributed by atoms with Crippen LogP contribution in [-0.2, 0) is 0 Å². The first-order valence-electron chi connectivity index (χ1n) is 4.08. The average molecular weight is 165 g/mol. The van der Waals surface area contributed by atoms with E-state index in [0.717, 1.165) is 17.1 Å². The van der Waals surface area contributed by atoms with E-state index in [1.165, 1.54) is 0 Å². The number of H-pyrrole nitrogens is 1. The molecule has 0 radical (unpaired) electrons. The molecule has 0 saturated carbocycles. The monoisotopic (exact) mass is 165 g/mol. The molecule has 3 heteroatoms. The largest absolute Gasteiger partial charge is 0.402 e. The molecular formula is C9H15N3. The third-order valence-corrected chi connectivity index (χ3v) is 1.62. The Labute approximate surface area is 72.7 Å². The number of imidazole rings is 1. The summed E-state index contributed by atoms with van der Waals surface area (Å²) in [6, 6.07) is 0. The molecule has 0 aliphatic heterocycles. The van der Waals surface area contributed by atoms with Crippen LogP contribution in [0.3, 0.4) is 0 Å². The van der Waals surface area contributed by atoms with Crippen molar-refractivity contribution in [2.75, 3.05) is 0 Å². The molecule has 0 saturated heterocycles. The molecule has 0 aromatic carbocycles. The number of allylic oxidation sites excluding steroid dienone is 1. The van der Waals surface area contributed by atoms with Gasteiger partial charge in [-0.2, -0.15) is 0 Å². The number of rotatable bonds is 2. The SMILES string of the molecule is C/C(N)=C/c1[nH]cnc1C(C)C. The molecule has 12 heavy (non-hydrogen) atoms. The molecule has 1 heterocycles. The van der Waals surface area contributed by atoms with Crippen molar-refractivity contribution in [3.05, 3.63) is 23.4 Å². The minimum absolute atomic E-state index is 0.432. The van der Waals surface area contributed by atoms with Crippen molar-refractivity contribution in [3.8, 4) is 0 Å². The summed E-state index contributed by atoms with van der Waals surface area (Å²) in [5.74, 6) is 0.432. The molecule has 1 rings (SSSR count). The zero-order valence-corrected chi connectivity index (χ0v) is 7.76. The zero-order valence-electron chi connectivity index (χ0n) is 7.76. The lowest BCUT2D eigenvalue weighted by atomic mass is 10.1. The lowest BCUT2D eigenvalue weighted by Gasteiger charge is -2.01. The summed E-state index contributed by atoms with van der Waals surface area (Å²) in [4.78, 5) is 7.26. The summed E-state index contributed by atoms with van der Waals surface area (Å²) < 4.78 is 0. The predicted octanol–water partition coefficient (Wildman–Crippen LogP) is 1.85. The van der Waals surface area contributed by atoms with Crippen molar-refractivity contribution < 1.29 is 0 Å². The molecule has 0 aliphatic rings. The number of hydrogen-bond donors (Lipinski definition) is 2. The van der Waals surface area contributed by atoms with Crippen molar-refractivity contribution in [1.29, 1.82) is 0 Å². The maximum Gasteiger partial charge on any atom is 0.0927 e. The Morgan fingerprint density at radius 2 is 2.33 bits per heavy atom. The van der Waals surface area contributed by atoms with Gasteiger partial charge in [0.25, 0.3) is 0 Å². The minimum Gasteiger partial charge on any atom is -0.402 e. The van der Waals surface area contributed by atoms with Gasteiger partial charge in [-0.25, -0.2) is 4.98 Å². The molecule has 0 bridgehead atoms. The third-order valence-electron chi connectivity index (χ3n) is 1.62. The van der Waals surface area contributed by atoms with Gasteiger partial charge in [-0.05, 0) is 18.9 Å². The number of nitrogens with two attached hydrogens (primary N) is 1. The fraction of sp³-hybridized carbons (Fsp3) is 0.444. The Hall–Kier alpha value is -1.25. The molecule has 66 valence electrons. The van der Waals surface area contributed by atoms with E-state index >= 15 is 0 Å². The van der Waals surface area contributed by atoms with Crippen LogP contribution in [-0.4, -0.2) is 9.97 Å². The Balaban J connectivity index is 3.00. The molecule has 3 nitrogen and oxygen atoms in total. The van der Waals surface area contributed by atoms with Gasteiger partial charge in [0.05, 0.1) is 17.7 Å². The van der Waals surface area contributed by atoms with Crippen molar-refractivity contribution in [1.82, 2.24) is 9.97 Å². The van der Waals surface area contributed by atoms with E-state index in [1.807, 2.05) is 13.0 Å². The highest BCUT2D eigenvalue weighted by atomic mass is 14.9. The topological polar surface area (TPSA) is 54.7 Å². The van der Waals surface area contributed by atoms with Crippen molar-refractivity contribution in [3.63, 3.8) is 0 Å². The van der Waals surface area contributed by atoms with Crippen LogP contribution in [0.25, 0.3) is 6.08 Å². The van der Waals surface area contributed by atoms with Crippen LogP contribution in [0.5, 0.6) is 0 Å². The van der Waals surface area contributed by atoms with Crippen LogP contribution in [0, 0.1) is 0 Å². The summed E-state index contributed by atoms with van der Waals surface area (Å²) in [5.41, 5.74) is 8.45. The Morgan fingerprint density at radius 1 is 1.67 bits per heavy atom. The van der Waals surface area contributed by atoms with E-state index < -0.39 is 0 Å². The van der Waals surface area contributed by atoms with Gasteiger partial charge >= 0.3 is 0 Å². The van der Waals surface area contributed by atoms with Crippen molar-refractivity contribution >= 4 is 6.08 Å². The fourth-order valence-corrected chi connectivity index (χ4v) is 1.12. The molecular weight excluding hydrogens is 150 g/mol. The van der Waals surface area contributed by atoms with Gasteiger partial charge in [-0.3, -0.25) is 0 Å². The van der Waals surface area contributed by atoms with Crippen molar-refractivity contribution in [2.24, 2.45) is 5.73 Å². The van der Waals surface area contributed by atoms with Crippen molar-refractivity contribution in [2.45, 2.75) is 26.7 Å². The molecule has 0 atom stereocenters. The minimum atomic E-state index is 0.432. The third kappa shape index (κ3) is 1.87. The number of nitrogens with zero attached hydrogens (tertiary/aromatic N) is 1. The second kappa shape index (κ2) is 3.43. The van der Waals surface area contributed by atoms with Crippen LogP contribution < -0.4 is 5.73 Å². The second-order valence-electron chi connectivity index (χ2n) is 3.24. The van der Waals surface area contributed by atoms with Crippen LogP contribution in [0.4, 0.5) is 0 Å². The number of aromatic nitrogens is 2. The van der Waals surface area contributed by atoms with Gasteiger partial charge in [0.15, 0.2) is 0 Å². The molecule has 3 N–H and O–H groups in total. The zero-order chi connectivity index (χ0) is 9.14. The van der Waals surface area contributed by atoms with E-state index in [9.17, 15) is 0 Å².